The normalized spacial score (nSPS) is 10.3. The summed E-state index contributed by atoms with van der Waals surface area (Å²) in [6, 6.07) is 5.38. The molecule has 0 aliphatic carbocycles. The van der Waals surface area contributed by atoms with E-state index >= 15 is 0 Å². The molecule has 0 spiro atoms. The Bertz CT molecular complexity index is 506. The molecule has 6 heteroatoms. The average molecular weight is 217 g/mol. The Morgan fingerprint density at radius 1 is 1.50 bits per heavy atom. The number of primary amides is 1. The lowest BCUT2D eigenvalue weighted by Crippen LogP contribution is -2.13. The number of carbonyl (C=O) groups excluding carboxylic acids is 1. The molecule has 1 aromatic carbocycles. The van der Waals surface area contributed by atoms with Crippen LogP contribution in [0.5, 0.6) is 0 Å². The molecule has 6 nitrogen and oxygen atoms in total. The first-order valence-corrected chi connectivity index (χ1v) is 4.89. The van der Waals surface area contributed by atoms with Crippen LogP contribution in [-0.2, 0) is 6.42 Å². The van der Waals surface area contributed by atoms with Gasteiger partial charge in [-0.25, -0.2) is 5.10 Å². The van der Waals surface area contributed by atoms with Crippen LogP contribution in [0, 0.1) is 0 Å². The Hall–Kier alpha value is -2.24. The second-order valence-electron chi connectivity index (χ2n) is 3.31. The van der Waals surface area contributed by atoms with Gasteiger partial charge in [-0.05, 0) is 28.5 Å². The minimum absolute atomic E-state index is 0.429. The van der Waals surface area contributed by atoms with Crippen molar-refractivity contribution in [3.05, 3.63) is 29.3 Å². The summed E-state index contributed by atoms with van der Waals surface area (Å²) in [5.41, 5.74) is 7.42. The predicted octanol–water partition coefficient (Wildman–Crippen LogP) is 0.528. The van der Waals surface area contributed by atoms with Crippen molar-refractivity contribution >= 4 is 5.91 Å². The zero-order valence-electron chi connectivity index (χ0n) is 8.77. The maximum atomic E-state index is 11.3. The van der Waals surface area contributed by atoms with Crippen molar-refractivity contribution < 1.29 is 4.79 Å². The summed E-state index contributed by atoms with van der Waals surface area (Å²) < 4.78 is 0. The lowest BCUT2D eigenvalue weighted by atomic mass is 9.98. The Balaban J connectivity index is 2.68. The highest BCUT2D eigenvalue weighted by Crippen LogP contribution is 2.24. The number of carbonyl (C=O) groups is 1. The van der Waals surface area contributed by atoms with Crippen LogP contribution in [0.3, 0.4) is 0 Å². The number of rotatable bonds is 3. The van der Waals surface area contributed by atoms with Gasteiger partial charge in [0, 0.05) is 5.56 Å². The van der Waals surface area contributed by atoms with Crippen molar-refractivity contribution in [2.75, 3.05) is 0 Å². The molecule has 0 atom stereocenters. The lowest BCUT2D eigenvalue weighted by molar-refractivity contribution is 0.100. The smallest absolute Gasteiger partial charge is 0.249 e. The number of hydrogen-bond acceptors (Lipinski definition) is 4. The molecule has 3 N–H and O–H groups in total. The third-order valence-electron chi connectivity index (χ3n) is 2.38. The van der Waals surface area contributed by atoms with Gasteiger partial charge in [0.2, 0.25) is 5.91 Å². The van der Waals surface area contributed by atoms with E-state index in [9.17, 15) is 4.79 Å². The molecule has 0 bridgehead atoms. The Labute approximate surface area is 91.9 Å². The predicted molar refractivity (Wildman–Crippen MR) is 57.5 cm³/mol. The van der Waals surface area contributed by atoms with Gasteiger partial charge < -0.3 is 5.73 Å². The van der Waals surface area contributed by atoms with E-state index in [1.807, 2.05) is 13.0 Å². The highest BCUT2D eigenvalue weighted by atomic mass is 16.1. The van der Waals surface area contributed by atoms with Crippen LogP contribution in [0.2, 0.25) is 0 Å². The maximum absolute atomic E-state index is 11.3. The number of benzene rings is 1. The molecule has 0 aliphatic rings. The third kappa shape index (κ3) is 1.65. The molecule has 1 amide bonds. The fraction of sp³-hybridized carbons (Fsp3) is 0.200. The summed E-state index contributed by atoms with van der Waals surface area (Å²) in [7, 11) is 0. The first-order chi connectivity index (χ1) is 7.74. The van der Waals surface area contributed by atoms with Gasteiger partial charge in [-0.1, -0.05) is 19.1 Å². The van der Waals surface area contributed by atoms with E-state index in [-0.39, 0.29) is 0 Å². The van der Waals surface area contributed by atoms with Gasteiger partial charge in [0.05, 0.1) is 5.56 Å². The number of nitrogens with one attached hydrogen (secondary N) is 1. The first kappa shape index (κ1) is 10.3. The summed E-state index contributed by atoms with van der Waals surface area (Å²) in [4.78, 5) is 11.3. The van der Waals surface area contributed by atoms with Crippen molar-refractivity contribution in [1.82, 2.24) is 20.6 Å². The van der Waals surface area contributed by atoms with E-state index in [2.05, 4.69) is 20.6 Å². The van der Waals surface area contributed by atoms with Crippen LogP contribution in [-0.4, -0.2) is 26.5 Å². The second kappa shape index (κ2) is 4.09. The number of aromatic amines is 1. The standard InChI is InChI=1S/C10H11N5O/c1-2-6-4-3-5-7(9(11)16)8(6)10-12-14-15-13-10/h3-5H,2H2,1H3,(H2,11,16)(H,12,13,14,15). The SMILES string of the molecule is CCc1cccc(C(N)=O)c1-c1nnn[nH]1. The van der Waals surface area contributed by atoms with Crippen LogP contribution in [0.4, 0.5) is 0 Å². The molecule has 2 rings (SSSR count). The fourth-order valence-electron chi connectivity index (χ4n) is 1.64. The van der Waals surface area contributed by atoms with E-state index in [4.69, 9.17) is 5.73 Å². The van der Waals surface area contributed by atoms with E-state index in [1.165, 1.54) is 0 Å². The number of aromatic nitrogens is 4. The number of H-pyrrole nitrogens is 1. The van der Waals surface area contributed by atoms with E-state index < -0.39 is 5.91 Å². The van der Waals surface area contributed by atoms with Gasteiger partial charge in [-0.15, -0.1) is 5.10 Å². The van der Waals surface area contributed by atoms with Crippen LogP contribution in [0.1, 0.15) is 22.8 Å². The molecule has 0 aliphatic heterocycles. The van der Waals surface area contributed by atoms with E-state index in [0.717, 1.165) is 12.0 Å². The summed E-state index contributed by atoms with van der Waals surface area (Å²) >= 11 is 0. The Morgan fingerprint density at radius 3 is 2.88 bits per heavy atom. The average Bonchev–Trinajstić information content (AvgIpc) is 2.81. The van der Waals surface area contributed by atoms with Gasteiger partial charge in [0.15, 0.2) is 5.82 Å². The highest BCUT2D eigenvalue weighted by Gasteiger charge is 2.15. The van der Waals surface area contributed by atoms with Crippen LogP contribution in [0.15, 0.2) is 18.2 Å². The molecule has 82 valence electrons. The molecule has 16 heavy (non-hydrogen) atoms. The minimum atomic E-state index is -0.485. The largest absolute Gasteiger partial charge is 0.366 e. The summed E-state index contributed by atoms with van der Waals surface area (Å²) in [5.74, 6) is -0.0204. The van der Waals surface area contributed by atoms with Crippen molar-refractivity contribution in [2.45, 2.75) is 13.3 Å². The van der Waals surface area contributed by atoms with Gasteiger partial charge in [0.1, 0.15) is 0 Å². The number of tetrazole rings is 1. The number of nitrogens with zero attached hydrogens (tertiary/aromatic N) is 3. The third-order valence-corrected chi connectivity index (χ3v) is 2.38. The summed E-state index contributed by atoms with van der Waals surface area (Å²) in [5, 5.41) is 13.5. The first-order valence-electron chi connectivity index (χ1n) is 4.89. The molecule has 0 fully saturated rings. The lowest BCUT2D eigenvalue weighted by Gasteiger charge is -2.08. The fourth-order valence-corrected chi connectivity index (χ4v) is 1.64. The van der Waals surface area contributed by atoms with Crippen molar-refractivity contribution in [3.63, 3.8) is 0 Å². The quantitative estimate of drug-likeness (QED) is 0.783. The molecule has 1 aromatic heterocycles. The topological polar surface area (TPSA) is 97.6 Å². The molecular formula is C10H11N5O. The minimum Gasteiger partial charge on any atom is -0.366 e. The maximum Gasteiger partial charge on any atom is 0.249 e. The summed E-state index contributed by atoms with van der Waals surface area (Å²) in [6.07, 6.45) is 0.775. The number of hydrogen-bond donors (Lipinski definition) is 2. The molecule has 0 saturated carbocycles. The van der Waals surface area contributed by atoms with Crippen LogP contribution in [0.25, 0.3) is 11.4 Å². The molecule has 2 aromatic rings. The Morgan fingerprint density at radius 2 is 2.31 bits per heavy atom. The highest BCUT2D eigenvalue weighted by molar-refractivity contribution is 5.99. The number of amides is 1. The monoisotopic (exact) mass is 217 g/mol. The summed E-state index contributed by atoms with van der Waals surface area (Å²) in [6.45, 7) is 1.99. The molecular weight excluding hydrogens is 206 g/mol. The van der Waals surface area contributed by atoms with Crippen molar-refractivity contribution in [2.24, 2.45) is 5.73 Å². The molecule has 1 heterocycles. The number of aryl methyl sites for hydroxylation is 1. The Kier molecular flexibility index (Phi) is 2.63. The zero-order valence-corrected chi connectivity index (χ0v) is 8.77. The van der Waals surface area contributed by atoms with E-state index in [0.29, 0.717) is 17.0 Å². The molecule has 0 saturated heterocycles. The number of nitrogens with two attached hydrogens (primary N) is 1. The van der Waals surface area contributed by atoms with Crippen LogP contribution < -0.4 is 5.73 Å². The van der Waals surface area contributed by atoms with Gasteiger partial charge in [-0.2, -0.15) is 0 Å². The van der Waals surface area contributed by atoms with Gasteiger partial charge >= 0.3 is 0 Å². The molecule has 0 unspecified atom stereocenters. The van der Waals surface area contributed by atoms with E-state index in [1.54, 1.807) is 12.1 Å². The molecule has 0 radical (unpaired) electrons. The van der Waals surface area contributed by atoms with Gasteiger partial charge in [-0.3, -0.25) is 4.79 Å². The zero-order chi connectivity index (χ0) is 11.5. The second-order valence-corrected chi connectivity index (χ2v) is 3.31. The van der Waals surface area contributed by atoms with Crippen LogP contribution >= 0.6 is 0 Å². The van der Waals surface area contributed by atoms with Crippen molar-refractivity contribution in [3.8, 4) is 11.4 Å². The van der Waals surface area contributed by atoms with Gasteiger partial charge in [0.25, 0.3) is 0 Å². The van der Waals surface area contributed by atoms with Crippen molar-refractivity contribution in [1.29, 1.82) is 0 Å².